The van der Waals surface area contributed by atoms with E-state index in [1.54, 1.807) is 0 Å². The standard InChI is InChI=1S/C11H12N4.ClH/c12-11(5-6-11)9-3-1-8(2-4-9)10-7-13-15-14-10;/h1-4H,5-7,12H2;1H. The number of hydrogen-bond acceptors (Lipinski definition) is 4. The second kappa shape index (κ2) is 3.96. The van der Waals surface area contributed by atoms with E-state index in [9.17, 15) is 0 Å². The van der Waals surface area contributed by atoms with Crippen LogP contribution in [0.4, 0.5) is 0 Å². The molecule has 1 aromatic carbocycles. The van der Waals surface area contributed by atoms with Gasteiger partial charge in [-0.1, -0.05) is 24.3 Å². The molecule has 0 radical (unpaired) electrons. The number of rotatable bonds is 2. The van der Waals surface area contributed by atoms with Crippen molar-refractivity contribution in [1.82, 2.24) is 0 Å². The topological polar surface area (TPSA) is 63.1 Å². The van der Waals surface area contributed by atoms with Gasteiger partial charge < -0.3 is 5.73 Å². The van der Waals surface area contributed by atoms with Gasteiger partial charge in [0.25, 0.3) is 0 Å². The fourth-order valence-corrected chi connectivity index (χ4v) is 1.78. The third kappa shape index (κ3) is 1.86. The van der Waals surface area contributed by atoms with E-state index >= 15 is 0 Å². The predicted molar refractivity (Wildman–Crippen MR) is 65.0 cm³/mol. The molecule has 0 bridgehead atoms. The smallest absolute Gasteiger partial charge is 0.107 e. The quantitative estimate of drug-likeness (QED) is 0.841. The first kappa shape index (κ1) is 11.2. The summed E-state index contributed by atoms with van der Waals surface area (Å²) in [6.07, 6.45) is 2.19. The average molecular weight is 237 g/mol. The lowest BCUT2D eigenvalue weighted by Crippen LogP contribution is -2.18. The largest absolute Gasteiger partial charge is 0.321 e. The maximum absolute atomic E-state index is 6.10. The molecule has 3 rings (SSSR count). The van der Waals surface area contributed by atoms with E-state index in [2.05, 4.69) is 39.7 Å². The van der Waals surface area contributed by atoms with Gasteiger partial charge in [0.2, 0.25) is 0 Å². The van der Waals surface area contributed by atoms with Gasteiger partial charge in [-0.3, -0.25) is 0 Å². The first-order valence-corrected chi connectivity index (χ1v) is 5.11. The van der Waals surface area contributed by atoms with Crippen LogP contribution in [0.1, 0.15) is 24.0 Å². The molecule has 2 aliphatic rings. The first-order chi connectivity index (χ1) is 7.28. The van der Waals surface area contributed by atoms with Crippen LogP contribution in [0.25, 0.3) is 0 Å². The lowest BCUT2D eigenvalue weighted by atomic mass is 10.0. The van der Waals surface area contributed by atoms with E-state index in [0.29, 0.717) is 6.54 Å². The van der Waals surface area contributed by atoms with Crippen molar-refractivity contribution in [3.8, 4) is 0 Å². The van der Waals surface area contributed by atoms with E-state index in [4.69, 9.17) is 5.73 Å². The highest BCUT2D eigenvalue weighted by Crippen LogP contribution is 2.42. The van der Waals surface area contributed by atoms with Crippen LogP contribution in [0, 0.1) is 0 Å². The van der Waals surface area contributed by atoms with Crippen molar-refractivity contribution in [2.75, 3.05) is 6.54 Å². The molecule has 1 aliphatic heterocycles. The Morgan fingerprint density at radius 2 is 1.81 bits per heavy atom. The number of nitrogens with two attached hydrogens (primary N) is 1. The van der Waals surface area contributed by atoms with Crippen molar-refractivity contribution in [2.45, 2.75) is 18.4 Å². The molecule has 4 nitrogen and oxygen atoms in total. The average Bonchev–Trinajstić information content (AvgIpc) is 2.84. The van der Waals surface area contributed by atoms with Crippen LogP contribution in [-0.2, 0) is 5.54 Å². The Kier molecular flexibility index (Phi) is 2.78. The molecule has 0 unspecified atom stereocenters. The molecule has 16 heavy (non-hydrogen) atoms. The lowest BCUT2D eigenvalue weighted by molar-refractivity contribution is 0.740. The maximum atomic E-state index is 6.10. The summed E-state index contributed by atoms with van der Waals surface area (Å²) in [5.74, 6) is 0. The second-order valence-electron chi connectivity index (χ2n) is 4.17. The first-order valence-electron chi connectivity index (χ1n) is 5.11. The van der Waals surface area contributed by atoms with Crippen molar-refractivity contribution < 1.29 is 0 Å². The number of benzene rings is 1. The molecule has 1 saturated carbocycles. The zero-order valence-corrected chi connectivity index (χ0v) is 9.57. The van der Waals surface area contributed by atoms with Gasteiger partial charge in [0.05, 0.1) is 5.71 Å². The summed E-state index contributed by atoms with van der Waals surface area (Å²) in [5.41, 5.74) is 9.30. The van der Waals surface area contributed by atoms with Crippen molar-refractivity contribution in [3.63, 3.8) is 0 Å². The normalized spacial score (nSPS) is 20.2. The molecular weight excluding hydrogens is 224 g/mol. The molecule has 5 heteroatoms. The van der Waals surface area contributed by atoms with E-state index in [1.807, 2.05) is 0 Å². The monoisotopic (exact) mass is 236 g/mol. The summed E-state index contributed by atoms with van der Waals surface area (Å²) in [7, 11) is 0. The van der Waals surface area contributed by atoms with Gasteiger partial charge >= 0.3 is 0 Å². The zero-order chi connectivity index (χ0) is 10.3. The van der Waals surface area contributed by atoms with Crippen LogP contribution in [0.2, 0.25) is 0 Å². The molecule has 1 aliphatic carbocycles. The Morgan fingerprint density at radius 1 is 1.12 bits per heavy atom. The molecule has 1 fully saturated rings. The summed E-state index contributed by atoms with van der Waals surface area (Å²) < 4.78 is 0. The van der Waals surface area contributed by atoms with Crippen LogP contribution < -0.4 is 5.73 Å². The minimum Gasteiger partial charge on any atom is -0.321 e. The Morgan fingerprint density at radius 3 is 2.31 bits per heavy atom. The van der Waals surface area contributed by atoms with Gasteiger partial charge in [0, 0.05) is 5.54 Å². The Balaban J connectivity index is 0.000000963. The van der Waals surface area contributed by atoms with Crippen LogP contribution in [0.5, 0.6) is 0 Å². The van der Waals surface area contributed by atoms with Gasteiger partial charge in [-0.05, 0) is 29.2 Å². The van der Waals surface area contributed by atoms with Crippen molar-refractivity contribution in [3.05, 3.63) is 35.4 Å². The number of hydrogen-bond donors (Lipinski definition) is 1. The molecule has 1 aromatic rings. The van der Waals surface area contributed by atoms with Crippen LogP contribution in [-0.4, -0.2) is 12.3 Å². The van der Waals surface area contributed by atoms with Crippen molar-refractivity contribution in [2.24, 2.45) is 21.2 Å². The fraction of sp³-hybridized carbons (Fsp3) is 0.364. The summed E-state index contributed by atoms with van der Waals surface area (Å²) >= 11 is 0. The second-order valence-corrected chi connectivity index (χ2v) is 4.17. The highest BCUT2D eigenvalue weighted by atomic mass is 35.5. The van der Waals surface area contributed by atoms with Crippen LogP contribution >= 0.6 is 12.4 Å². The molecule has 0 atom stereocenters. The lowest BCUT2D eigenvalue weighted by Gasteiger charge is -2.09. The number of halogens is 1. The third-order valence-electron chi connectivity index (χ3n) is 3.03. The van der Waals surface area contributed by atoms with Gasteiger partial charge in [0.1, 0.15) is 6.54 Å². The molecular formula is C11H13ClN4. The molecule has 0 aromatic heterocycles. The van der Waals surface area contributed by atoms with Gasteiger partial charge in [-0.25, -0.2) is 0 Å². The Hall–Kier alpha value is -1.26. The van der Waals surface area contributed by atoms with Gasteiger partial charge in [0.15, 0.2) is 0 Å². The van der Waals surface area contributed by atoms with E-state index in [-0.39, 0.29) is 17.9 Å². The summed E-state index contributed by atoms with van der Waals surface area (Å²) in [5, 5.41) is 11.4. The Labute approximate surface area is 100 Å². The van der Waals surface area contributed by atoms with Gasteiger partial charge in [-0.2, -0.15) is 5.11 Å². The van der Waals surface area contributed by atoms with E-state index in [1.165, 1.54) is 5.56 Å². The maximum Gasteiger partial charge on any atom is 0.107 e. The molecule has 1 heterocycles. The molecule has 2 N–H and O–H groups in total. The molecule has 0 spiro atoms. The summed E-state index contributed by atoms with van der Waals surface area (Å²) in [4.78, 5) is 0. The van der Waals surface area contributed by atoms with Gasteiger partial charge in [-0.15, -0.1) is 17.5 Å². The van der Waals surface area contributed by atoms with Crippen molar-refractivity contribution >= 4 is 18.1 Å². The summed E-state index contributed by atoms with van der Waals surface area (Å²) in [6, 6.07) is 8.28. The highest BCUT2D eigenvalue weighted by Gasteiger charge is 2.39. The van der Waals surface area contributed by atoms with Crippen LogP contribution in [0.3, 0.4) is 0 Å². The minimum absolute atomic E-state index is 0. The minimum atomic E-state index is -0.0508. The predicted octanol–water partition coefficient (Wildman–Crippen LogP) is 2.23. The number of nitrogens with zero attached hydrogens (tertiary/aromatic N) is 3. The summed E-state index contributed by atoms with van der Waals surface area (Å²) in [6.45, 7) is 0.590. The van der Waals surface area contributed by atoms with E-state index < -0.39 is 0 Å². The SMILES string of the molecule is Cl.NC1(c2ccc(C3=NN=NC3)cc2)CC1. The highest BCUT2D eigenvalue weighted by molar-refractivity contribution is 6.02. The van der Waals surface area contributed by atoms with Crippen molar-refractivity contribution in [1.29, 1.82) is 0 Å². The molecule has 84 valence electrons. The van der Waals surface area contributed by atoms with E-state index in [0.717, 1.165) is 24.1 Å². The Bertz CT molecular complexity index is 446. The molecule has 0 saturated heterocycles. The molecule has 0 amide bonds. The van der Waals surface area contributed by atoms with Crippen LogP contribution in [0.15, 0.2) is 39.7 Å². The third-order valence-corrected chi connectivity index (χ3v) is 3.03. The fourth-order valence-electron chi connectivity index (χ4n) is 1.78. The zero-order valence-electron chi connectivity index (χ0n) is 8.76.